The molecule has 0 spiro atoms. The smallest absolute Gasteiger partial charge is 0.319 e. The van der Waals surface area contributed by atoms with Gasteiger partial charge in [-0.2, -0.15) is 0 Å². The zero-order valence-electron chi connectivity index (χ0n) is 13.9. The second kappa shape index (κ2) is 7.79. The van der Waals surface area contributed by atoms with Crippen LogP contribution in [-0.4, -0.2) is 19.7 Å². The minimum absolute atomic E-state index is 0.231. The summed E-state index contributed by atoms with van der Waals surface area (Å²) in [5.41, 5.74) is 2.37. The number of amides is 2. The number of aryl methyl sites for hydroxylation is 1. The number of para-hydroxylation sites is 1. The zero-order valence-corrected chi connectivity index (χ0v) is 13.9. The van der Waals surface area contributed by atoms with Crippen LogP contribution in [0.15, 0.2) is 54.6 Å². The van der Waals surface area contributed by atoms with Crippen LogP contribution in [0.3, 0.4) is 0 Å². The second-order valence-corrected chi connectivity index (χ2v) is 5.54. The number of nitrogens with one attached hydrogen (secondary N) is 2. The molecule has 2 rings (SSSR count). The van der Waals surface area contributed by atoms with Crippen molar-refractivity contribution in [3.63, 3.8) is 0 Å². The Balaban J connectivity index is 2.05. The first-order valence-corrected chi connectivity index (χ1v) is 7.82. The van der Waals surface area contributed by atoms with Gasteiger partial charge in [-0.3, -0.25) is 0 Å². The van der Waals surface area contributed by atoms with Crippen LogP contribution in [-0.2, 0) is 10.3 Å². The Hall–Kier alpha value is -2.33. The van der Waals surface area contributed by atoms with Gasteiger partial charge in [0.05, 0.1) is 6.54 Å². The number of methoxy groups -OCH3 is 1. The molecule has 23 heavy (non-hydrogen) atoms. The first-order valence-electron chi connectivity index (χ1n) is 7.82. The summed E-state index contributed by atoms with van der Waals surface area (Å²) in [6, 6.07) is 17.4. The molecule has 0 aliphatic rings. The normalized spacial score (nSPS) is 13.2. The number of ether oxygens (including phenoxy) is 1. The van der Waals surface area contributed by atoms with Gasteiger partial charge >= 0.3 is 6.03 Å². The molecule has 0 fully saturated rings. The highest BCUT2D eigenvalue weighted by atomic mass is 16.5. The SMILES string of the molecule is CCC(CNC(=O)Nc1ccccc1C)(OC)c1ccccc1. The molecule has 0 aliphatic heterocycles. The molecule has 0 heterocycles. The van der Waals surface area contributed by atoms with Crippen LogP contribution < -0.4 is 10.6 Å². The summed E-state index contributed by atoms with van der Waals surface area (Å²) in [7, 11) is 1.68. The van der Waals surface area contributed by atoms with Crippen molar-refractivity contribution in [3.05, 3.63) is 65.7 Å². The maximum atomic E-state index is 12.2. The van der Waals surface area contributed by atoms with E-state index in [1.807, 2.05) is 61.5 Å². The van der Waals surface area contributed by atoms with E-state index in [2.05, 4.69) is 17.6 Å². The average Bonchev–Trinajstić information content (AvgIpc) is 2.59. The molecular formula is C19H24N2O2. The highest BCUT2D eigenvalue weighted by Crippen LogP contribution is 2.28. The second-order valence-electron chi connectivity index (χ2n) is 5.54. The van der Waals surface area contributed by atoms with Gasteiger partial charge in [0.25, 0.3) is 0 Å². The van der Waals surface area contributed by atoms with E-state index in [1.165, 1.54) is 0 Å². The van der Waals surface area contributed by atoms with Crippen LogP contribution in [0.5, 0.6) is 0 Å². The standard InChI is InChI=1S/C19H24N2O2/c1-4-19(23-3,16-11-6-5-7-12-16)14-20-18(22)21-17-13-9-8-10-15(17)2/h5-13H,4,14H2,1-3H3,(H2,20,21,22). The summed E-state index contributed by atoms with van der Waals surface area (Å²) in [6.07, 6.45) is 0.762. The van der Waals surface area contributed by atoms with Crippen LogP contribution in [0, 0.1) is 6.92 Å². The zero-order chi connectivity index (χ0) is 16.7. The van der Waals surface area contributed by atoms with Crippen LogP contribution in [0.4, 0.5) is 10.5 Å². The number of rotatable bonds is 6. The van der Waals surface area contributed by atoms with Crippen molar-refractivity contribution in [1.29, 1.82) is 0 Å². The van der Waals surface area contributed by atoms with Gasteiger partial charge in [-0.15, -0.1) is 0 Å². The molecule has 0 radical (unpaired) electrons. The number of benzene rings is 2. The van der Waals surface area contributed by atoms with E-state index in [1.54, 1.807) is 7.11 Å². The van der Waals surface area contributed by atoms with Crippen molar-refractivity contribution in [2.24, 2.45) is 0 Å². The fourth-order valence-corrected chi connectivity index (χ4v) is 2.61. The molecule has 1 atom stereocenters. The molecule has 4 heteroatoms. The lowest BCUT2D eigenvalue weighted by atomic mass is 9.91. The van der Waals surface area contributed by atoms with Crippen molar-refractivity contribution in [2.75, 3.05) is 19.0 Å². The number of hydrogen-bond acceptors (Lipinski definition) is 2. The Morgan fingerprint density at radius 1 is 1.09 bits per heavy atom. The quantitative estimate of drug-likeness (QED) is 0.845. The third kappa shape index (κ3) is 4.11. The average molecular weight is 312 g/mol. The van der Waals surface area contributed by atoms with Crippen LogP contribution in [0.2, 0.25) is 0 Å². The molecule has 122 valence electrons. The van der Waals surface area contributed by atoms with Gasteiger partial charge in [0.15, 0.2) is 0 Å². The van der Waals surface area contributed by atoms with Crippen LogP contribution in [0.1, 0.15) is 24.5 Å². The Morgan fingerprint density at radius 2 is 1.74 bits per heavy atom. The lowest BCUT2D eigenvalue weighted by Crippen LogP contribution is -2.43. The van der Waals surface area contributed by atoms with E-state index in [-0.39, 0.29) is 6.03 Å². The first-order chi connectivity index (χ1) is 11.1. The van der Waals surface area contributed by atoms with E-state index in [0.29, 0.717) is 6.54 Å². The highest BCUT2D eigenvalue weighted by Gasteiger charge is 2.30. The predicted octanol–water partition coefficient (Wildman–Crippen LogP) is 4.07. The molecular weight excluding hydrogens is 288 g/mol. The molecule has 2 aromatic carbocycles. The fourth-order valence-electron chi connectivity index (χ4n) is 2.61. The van der Waals surface area contributed by atoms with Crippen molar-refractivity contribution in [2.45, 2.75) is 25.9 Å². The third-order valence-corrected chi connectivity index (χ3v) is 4.19. The fraction of sp³-hybridized carbons (Fsp3) is 0.316. The minimum Gasteiger partial charge on any atom is -0.372 e. The van der Waals surface area contributed by atoms with Gasteiger partial charge in [-0.05, 0) is 30.5 Å². The minimum atomic E-state index is -0.523. The summed E-state index contributed by atoms with van der Waals surface area (Å²) in [5, 5.41) is 5.80. The summed E-state index contributed by atoms with van der Waals surface area (Å²) in [5.74, 6) is 0. The molecule has 0 aromatic heterocycles. The third-order valence-electron chi connectivity index (χ3n) is 4.19. The van der Waals surface area contributed by atoms with Gasteiger partial charge in [0.1, 0.15) is 5.60 Å². The van der Waals surface area contributed by atoms with Gasteiger partial charge in [0.2, 0.25) is 0 Å². The van der Waals surface area contributed by atoms with E-state index >= 15 is 0 Å². The van der Waals surface area contributed by atoms with Gasteiger partial charge in [0, 0.05) is 12.8 Å². The van der Waals surface area contributed by atoms with Crippen molar-refractivity contribution >= 4 is 11.7 Å². The number of carbonyl (C=O) groups excluding carboxylic acids is 1. The monoisotopic (exact) mass is 312 g/mol. The highest BCUT2D eigenvalue weighted by molar-refractivity contribution is 5.90. The summed E-state index contributed by atoms with van der Waals surface area (Å²) < 4.78 is 5.76. The summed E-state index contributed by atoms with van der Waals surface area (Å²) in [4.78, 5) is 12.2. The first kappa shape index (κ1) is 17.0. The molecule has 4 nitrogen and oxygen atoms in total. The molecule has 0 aliphatic carbocycles. The Bertz CT molecular complexity index is 637. The van der Waals surface area contributed by atoms with Crippen LogP contribution >= 0.6 is 0 Å². The molecule has 0 bridgehead atoms. The van der Waals surface area contributed by atoms with E-state index in [4.69, 9.17) is 4.74 Å². The number of carbonyl (C=O) groups is 1. The molecule has 1 unspecified atom stereocenters. The maximum Gasteiger partial charge on any atom is 0.319 e. The Labute approximate surface area is 137 Å². The molecule has 2 N–H and O–H groups in total. The Kier molecular flexibility index (Phi) is 5.77. The van der Waals surface area contributed by atoms with Crippen molar-refractivity contribution in [3.8, 4) is 0 Å². The lowest BCUT2D eigenvalue weighted by Gasteiger charge is -2.32. The number of anilines is 1. The molecule has 0 saturated heterocycles. The van der Waals surface area contributed by atoms with Crippen molar-refractivity contribution < 1.29 is 9.53 Å². The number of urea groups is 1. The van der Waals surface area contributed by atoms with Crippen LogP contribution in [0.25, 0.3) is 0 Å². The summed E-state index contributed by atoms with van der Waals surface area (Å²) in [6.45, 7) is 4.42. The van der Waals surface area contributed by atoms with Gasteiger partial charge in [-0.1, -0.05) is 55.5 Å². The molecule has 2 amide bonds. The predicted molar refractivity (Wildman–Crippen MR) is 93.6 cm³/mol. The maximum absolute atomic E-state index is 12.2. The van der Waals surface area contributed by atoms with E-state index in [9.17, 15) is 4.79 Å². The van der Waals surface area contributed by atoms with E-state index in [0.717, 1.165) is 23.2 Å². The topological polar surface area (TPSA) is 50.4 Å². The number of hydrogen-bond donors (Lipinski definition) is 2. The Morgan fingerprint density at radius 3 is 2.35 bits per heavy atom. The van der Waals surface area contributed by atoms with E-state index < -0.39 is 5.60 Å². The van der Waals surface area contributed by atoms with Gasteiger partial charge in [-0.25, -0.2) is 4.79 Å². The lowest BCUT2D eigenvalue weighted by molar-refractivity contribution is -0.0149. The molecule has 2 aromatic rings. The summed E-state index contributed by atoms with van der Waals surface area (Å²) >= 11 is 0. The largest absolute Gasteiger partial charge is 0.372 e. The molecule has 0 saturated carbocycles. The van der Waals surface area contributed by atoms with Crippen molar-refractivity contribution in [1.82, 2.24) is 5.32 Å². The van der Waals surface area contributed by atoms with Gasteiger partial charge < -0.3 is 15.4 Å².